The topological polar surface area (TPSA) is 34.4 Å². The summed E-state index contributed by atoms with van der Waals surface area (Å²) < 4.78 is 12.9. The normalized spacial score (nSPS) is 14.8. The maximum atomic E-state index is 5.97. The van der Waals surface area contributed by atoms with Crippen molar-refractivity contribution in [1.29, 1.82) is 0 Å². The van der Waals surface area contributed by atoms with Crippen LogP contribution in [-0.4, -0.2) is 13.2 Å². The highest BCUT2D eigenvalue weighted by atomic mass is 79.9. The van der Waals surface area contributed by atoms with Crippen LogP contribution in [0, 0.1) is 0 Å². The van der Waals surface area contributed by atoms with Crippen molar-refractivity contribution in [3.8, 4) is 5.75 Å². The van der Waals surface area contributed by atoms with E-state index >= 15 is 0 Å². The molecule has 0 saturated carbocycles. The minimum Gasteiger partial charge on any atom is -0.493 e. The average molecular weight is 350 g/mol. The Morgan fingerprint density at radius 3 is 2.86 bits per heavy atom. The summed E-state index contributed by atoms with van der Waals surface area (Å²) in [5, 5.41) is 3.51. The molecule has 0 bridgehead atoms. The number of hydrogen-bond donors (Lipinski definition) is 1. The van der Waals surface area contributed by atoms with Crippen molar-refractivity contribution in [1.82, 2.24) is 5.32 Å². The summed E-state index contributed by atoms with van der Waals surface area (Å²) in [4.78, 5) is 0. The first-order chi connectivity index (χ1) is 10.2. The Balaban J connectivity index is 2.05. The van der Waals surface area contributed by atoms with E-state index < -0.39 is 0 Å². The summed E-state index contributed by atoms with van der Waals surface area (Å²) in [5.74, 6) is 2.98. The second-order valence-corrected chi connectivity index (χ2v) is 6.15. The molecule has 0 radical (unpaired) electrons. The Bertz CT molecular complexity index is 636. The van der Waals surface area contributed by atoms with Gasteiger partial charge in [0.15, 0.2) is 0 Å². The van der Waals surface area contributed by atoms with Crippen LogP contribution >= 0.6 is 15.9 Å². The van der Waals surface area contributed by atoms with E-state index in [9.17, 15) is 0 Å². The lowest BCUT2D eigenvalue weighted by molar-refractivity contribution is 0.346. The van der Waals surface area contributed by atoms with Crippen LogP contribution in [0.2, 0.25) is 0 Å². The summed E-state index contributed by atoms with van der Waals surface area (Å²) >= 11 is 3.61. The number of rotatable bonds is 5. The Kier molecular flexibility index (Phi) is 4.36. The molecule has 1 aromatic heterocycles. The number of ether oxygens (including phenoxy) is 1. The molecule has 0 aliphatic carbocycles. The Labute approximate surface area is 133 Å². The SMILES string of the molecule is CCNC(c1ccc(CC)o1)c1cc(Br)cc2c1OCC2. The second-order valence-electron chi connectivity index (χ2n) is 5.23. The predicted molar refractivity (Wildman–Crippen MR) is 86.9 cm³/mol. The van der Waals surface area contributed by atoms with Crippen molar-refractivity contribution < 1.29 is 9.15 Å². The summed E-state index contributed by atoms with van der Waals surface area (Å²) in [6.45, 7) is 5.84. The van der Waals surface area contributed by atoms with Gasteiger partial charge in [-0.15, -0.1) is 0 Å². The van der Waals surface area contributed by atoms with Gasteiger partial charge in [0, 0.05) is 22.9 Å². The highest BCUT2D eigenvalue weighted by molar-refractivity contribution is 9.10. The lowest BCUT2D eigenvalue weighted by atomic mass is 10.00. The molecule has 112 valence electrons. The smallest absolute Gasteiger partial charge is 0.127 e. The van der Waals surface area contributed by atoms with Gasteiger partial charge in [0.25, 0.3) is 0 Å². The van der Waals surface area contributed by atoms with Crippen LogP contribution in [0.1, 0.15) is 42.5 Å². The fourth-order valence-electron chi connectivity index (χ4n) is 2.82. The number of benzene rings is 1. The zero-order valence-electron chi connectivity index (χ0n) is 12.4. The molecule has 0 amide bonds. The van der Waals surface area contributed by atoms with Gasteiger partial charge in [0.05, 0.1) is 12.6 Å². The molecule has 2 aromatic rings. The van der Waals surface area contributed by atoms with Gasteiger partial charge in [-0.05, 0) is 36.4 Å². The van der Waals surface area contributed by atoms with E-state index in [0.29, 0.717) is 0 Å². The van der Waals surface area contributed by atoms with Gasteiger partial charge < -0.3 is 14.5 Å². The molecule has 4 heteroatoms. The maximum absolute atomic E-state index is 5.97. The molecular formula is C17H20BrNO2. The van der Waals surface area contributed by atoms with E-state index in [0.717, 1.165) is 53.3 Å². The number of furan rings is 1. The van der Waals surface area contributed by atoms with Crippen LogP contribution in [0.4, 0.5) is 0 Å². The fourth-order valence-corrected chi connectivity index (χ4v) is 3.34. The fraction of sp³-hybridized carbons (Fsp3) is 0.412. The summed E-state index contributed by atoms with van der Waals surface area (Å²) in [6.07, 6.45) is 1.88. The quantitative estimate of drug-likeness (QED) is 0.876. The Morgan fingerprint density at radius 2 is 2.14 bits per heavy atom. The highest BCUT2D eigenvalue weighted by Crippen LogP contribution is 2.39. The molecular weight excluding hydrogens is 330 g/mol. The molecule has 1 N–H and O–H groups in total. The van der Waals surface area contributed by atoms with Gasteiger partial charge in [0.1, 0.15) is 17.3 Å². The summed E-state index contributed by atoms with van der Waals surface area (Å²) in [5.41, 5.74) is 2.42. The van der Waals surface area contributed by atoms with Crippen LogP contribution in [0.3, 0.4) is 0 Å². The first-order valence-electron chi connectivity index (χ1n) is 7.50. The van der Waals surface area contributed by atoms with Crippen molar-refractivity contribution in [2.24, 2.45) is 0 Å². The number of halogens is 1. The number of fused-ring (bicyclic) bond motifs is 1. The molecule has 2 heterocycles. The zero-order chi connectivity index (χ0) is 14.8. The Morgan fingerprint density at radius 1 is 1.29 bits per heavy atom. The zero-order valence-corrected chi connectivity index (χ0v) is 14.0. The summed E-state index contributed by atoms with van der Waals surface area (Å²) in [7, 11) is 0. The van der Waals surface area contributed by atoms with Crippen LogP contribution in [0.5, 0.6) is 5.75 Å². The third-order valence-electron chi connectivity index (χ3n) is 3.81. The van der Waals surface area contributed by atoms with Gasteiger partial charge in [-0.25, -0.2) is 0 Å². The highest BCUT2D eigenvalue weighted by Gasteiger charge is 2.26. The van der Waals surface area contributed by atoms with Crippen LogP contribution in [0.15, 0.2) is 33.2 Å². The molecule has 1 unspecified atom stereocenters. The van der Waals surface area contributed by atoms with Gasteiger partial charge in [0.2, 0.25) is 0 Å². The van der Waals surface area contributed by atoms with Crippen molar-refractivity contribution in [2.45, 2.75) is 32.7 Å². The molecule has 1 aromatic carbocycles. The van der Waals surface area contributed by atoms with E-state index in [2.05, 4.69) is 59.4 Å². The molecule has 21 heavy (non-hydrogen) atoms. The molecule has 3 rings (SSSR count). The van der Waals surface area contributed by atoms with E-state index in [1.54, 1.807) is 0 Å². The number of aryl methyl sites for hydroxylation is 1. The van der Waals surface area contributed by atoms with Gasteiger partial charge in [-0.1, -0.05) is 29.8 Å². The second kappa shape index (κ2) is 6.24. The first-order valence-corrected chi connectivity index (χ1v) is 8.29. The monoisotopic (exact) mass is 349 g/mol. The third kappa shape index (κ3) is 2.87. The van der Waals surface area contributed by atoms with Gasteiger partial charge >= 0.3 is 0 Å². The van der Waals surface area contributed by atoms with Crippen molar-refractivity contribution in [3.05, 3.63) is 51.4 Å². The van der Waals surface area contributed by atoms with E-state index in [1.165, 1.54) is 5.56 Å². The average Bonchev–Trinajstić information content (AvgIpc) is 3.12. The molecule has 0 fully saturated rings. The molecule has 1 aliphatic rings. The predicted octanol–water partition coefficient (Wildman–Crippen LogP) is 4.24. The Hall–Kier alpha value is -1.26. The number of nitrogens with one attached hydrogen (secondary N) is 1. The van der Waals surface area contributed by atoms with Crippen molar-refractivity contribution >= 4 is 15.9 Å². The minimum absolute atomic E-state index is 0.0275. The molecule has 0 saturated heterocycles. The summed E-state index contributed by atoms with van der Waals surface area (Å²) in [6, 6.07) is 8.42. The lowest BCUT2D eigenvalue weighted by Crippen LogP contribution is -2.22. The van der Waals surface area contributed by atoms with Gasteiger partial charge in [-0.3, -0.25) is 0 Å². The van der Waals surface area contributed by atoms with E-state index in [1.807, 2.05) is 0 Å². The standard InChI is InChI=1S/C17H20BrNO2/c1-3-13-5-6-15(21-13)16(19-4-2)14-10-12(18)9-11-7-8-20-17(11)14/h5-6,9-10,16,19H,3-4,7-8H2,1-2H3. The van der Waals surface area contributed by atoms with Crippen LogP contribution in [-0.2, 0) is 12.8 Å². The van der Waals surface area contributed by atoms with E-state index in [4.69, 9.17) is 9.15 Å². The van der Waals surface area contributed by atoms with E-state index in [-0.39, 0.29) is 6.04 Å². The van der Waals surface area contributed by atoms with Crippen molar-refractivity contribution in [2.75, 3.05) is 13.2 Å². The molecule has 3 nitrogen and oxygen atoms in total. The lowest BCUT2D eigenvalue weighted by Gasteiger charge is -2.19. The minimum atomic E-state index is 0.0275. The first kappa shape index (κ1) is 14.7. The van der Waals surface area contributed by atoms with Gasteiger partial charge in [-0.2, -0.15) is 0 Å². The molecule has 0 spiro atoms. The van der Waals surface area contributed by atoms with Crippen molar-refractivity contribution in [3.63, 3.8) is 0 Å². The largest absolute Gasteiger partial charge is 0.493 e. The van der Waals surface area contributed by atoms with Crippen LogP contribution in [0.25, 0.3) is 0 Å². The molecule has 1 atom stereocenters. The third-order valence-corrected chi connectivity index (χ3v) is 4.27. The number of hydrogen-bond acceptors (Lipinski definition) is 3. The van der Waals surface area contributed by atoms with Crippen LogP contribution < -0.4 is 10.1 Å². The molecule has 1 aliphatic heterocycles. The maximum Gasteiger partial charge on any atom is 0.127 e.